The maximum absolute atomic E-state index is 6.18. The number of nitrogens with two attached hydrogens (primary N) is 1. The van der Waals surface area contributed by atoms with Gasteiger partial charge in [0.25, 0.3) is 0 Å². The van der Waals surface area contributed by atoms with Gasteiger partial charge in [0, 0.05) is 17.3 Å². The molecule has 0 bridgehead atoms. The topological polar surface area (TPSA) is 38.0 Å². The molecule has 3 N–H and O–H groups in total. The Balaban J connectivity index is 2.20. The van der Waals surface area contributed by atoms with Crippen LogP contribution in [0.5, 0.6) is 0 Å². The zero-order chi connectivity index (χ0) is 14.7. The van der Waals surface area contributed by atoms with E-state index in [4.69, 9.17) is 29.6 Å². The van der Waals surface area contributed by atoms with E-state index in [1.165, 1.54) is 11.1 Å². The van der Waals surface area contributed by atoms with Crippen molar-refractivity contribution in [1.82, 2.24) is 0 Å². The lowest BCUT2D eigenvalue weighted by atomic mass is 10.0. The average Bonchev–Trinajstić information content (AvgIpc) is 2.38. The van der Waals surface area contributed by atoms with Crippen LogP contribution in [-0.4, -0.2) is 4.99 Å². The monoisotopic (exact) mass is 304 g/mol. The maximum Gasteiger partial charge on any atom is 0.105 e. The lowest BCUT2D eigenvalue weighted by Gasteiger charge is -2.18. The van der Waals surface area contributed by atoms with Crippen LogP contribution in [-0.2, 0) is 0 Å². The molecule has 0 heterocycles. The van der Waals surface area contributed by atoms with E-state index in [2.05, 4.69) is 31.3 Å². The summed E-state index contributed by atoms with van der Waals surface area (Å²) < 4.78 is 0. The number of hydrogen-bond acceptors (Lipinski definition) is 2. The molecule has 20 heavy (non-hydrogen) atoms. The maximum atomic E-state index is 6.18. The van der Waals surface area contributed by atoms with Crippen LogP contribution in [0.15, 0.2) is 42.5 Å². The van der Waals surface area contributed by atoms with Crippen molar-refractivity contribution >= 4 is 34.5 Å². The lowest BCUT2D eigenvalue weighted by molar-refractivity contribution is 0.874. The number of nitrogens with one attached hydrogen (secondary N) is 1. The second-order valence-electron chi connectivity index (χ2n) is 4.78. The molecule has 0 radical (unpaired) electrons. The molecule has 2 aromatic rings. The molecule has 0 fully saturated rings. The van der Waals surface area contributed by atoms with E-state index in [-0.39, 0.29) is 6.04 Å². The minimum atomic E-state index is 0.197. The quantitative estimate of drug-likeness (QED) is 0.819. The molecule has 0 aliphatic carbocycles. The van der Waals surface area contributed by atoms with E-state index >= 15 is 0 Å². The Kier molecular flexibility index (Phi) is 4.63. The van der Waals surface area contributed by atoms with Crippen molar-refractivity contribution in [3.63, 3.8) is 0 Å². The molecular formula is C16H17ClN2S. The second kappa shape index (κ2) is 6.25. The number of rotatable bonds is 4. The standard InChI is InChI=1S/C16H17ClN2S/c1-10-5-3-4-6-13(10)11(2)19-12-7-8-14(16(18)20)15(17)9-12/h3-9,11,19H,1-2H3,(H2,18,20). The third kappa shape index (κ3) is 3.30. The van der Waals surface area contributed by atoms with Crippen molar-refractivity contribution in [2.45, 2.75) is 19.9 Å². The first-order chi connectivity index (χ1) is 9.49. The number of halogens is 1. The summed E-state index contributed by atoms with van der Waals surface area (Å²) in [6.07, 6.45) is 0. The summed E-state index contributed by atoms with van der Waals surface area (Å²) in [4.78, 5) is 0.313. The number of anilines is 1. The number of thiocarbonyl (C=S) groups is 1. The van der Waals surface area contributed by atoms with Gasteiger partial charge in [0.05, 0.1) is 5.02 Å². The summed E-state index contributed by atoms with van der Waals surface area (Å²) in [6.45, 7) is 4.23. The Bertz CT molecular complexity index is 640. The van der Waals surface area contributed by atoms with Crippen LogP contribution < -0.4 is 11.1 Å². The van der Waals surface area contributed by atoms with Gasteiger partial charge in [-0.1, -0.05) is 48.1 Å². The zero-order valence-electron chi connectivity index (χ0n) is 11.5. The fraction of sp³-hybridized carbons (Fsp3) is 0.188. The van der Waals surface area contributed by atoms with Crippen molar-refractivity contribution in [3.8, 4) is 0 Å². The molecule has 4 heteroatoms. The van der Waals surface area contributed by atoms with Gasteiger partial charge in [-0.2, -0.15) is 0 Å². The van der Waals surface area contributed by atoms with Crippen molar-refractivity contribution in [3.05, 3.63) is 64.2 Å². The number of benzene rings is 2. The molecule has 0 aliphatic heterocycles. The molecule has 0 amide bonds. The lowest BCUT2D eigenvalue weighted by Crippen LogP contribution is -2.11. The summed E-state index contributed by atoms with van der Waals surface area (Å²) in [5.74, 6) is 0. The van der Waals surface area contributed by atoms with Gasteiger partial charge in [-0.25, -0.2) is 0 Å². The third-order valence-electron chi connectivity index (χ3n) is 3.27. The minimum absolute atomic E-state index is 0.197. The van der Waals surface area contributed by atoms with Crippen LogP contribution in [0, 0.1) is 6.92 Å². The highest BCUT2D eigenvalue weighted by atomic mass is 35.5. The summed E-state index contributed by atoms with van der Waals surface area (Å²) in [6, 6.07) is 14.2. The van der Waals surface area contributed by atoms with Crippen LogP contribution in [0.4, 0.5) is 5.69 Å². The Labute approximate surface area is 130 Å². The molecule has 104 valence electrons. The second-order valence-corrected chi connectivity index (χ2v) is 5.63. The molecule has 0 aromatic heterocycles. The zero-order valence-corrected chi connectivity index (χ0v) is 13.1. The Morgan fingerprint density at radius 1 is 1.25 bits per heavy atom. The van der Waals surface area contributed by atoms with Gasteiger partial charge in [0.2, 0.25) is 0 Å². The van der Waals surface area contributed by atoms with Crippen LogP contribution in [0.1, 0.15) is 29.7 Å². The third-order valence-corrected chi connectivity index (χ3v) is 3.81. The molecule has 2 nitrogen and oxygen atoms in total. The summed E-state index contributed by atoms with van der Waals surface area (Å²) in [7, 11) is 0. The van der Waals surface area contributed by atoms with Gasteiger partial charge in [-0.3, -0.25) is 0 Å². The van der Waals surface area contributed by atoms with Crippen LogP contribution in [0.3, 0.4) is 0 Å². The first-order valence-electron chi connectivity index (χ1n) is 6.40. The molecule has 0 saturated carbocycles. The average molecular weight is 305 g/mol. The van der Waals surface area contributed by atoms with E-state index in [1.54, 1.807) is 0 Å². The summed E-state index contributed by atoms with van der Waals surface area (Å²) in [5, 5.41) is 4.01. The molecule has 2 rings (SSSR count). The first-order valence-corrected chi connectivity index (χ1v) is 7.19. The molecule has 1 unspecified atom stereocenters. The van der Waals surface area contributed by atoms with Gasteiger partial charge < -0.3 is 11.1 Å². The smallest absolute Gasteiger partial charge is 0.105 e. The van der Waals surface area contributed by atoms with Crippen molar-refractivity contribution in [2.75, 3.05) is 5.32 Å². The van der Waals surface area contributed by atoms with E-state index in [9.17, 15) is 0 Å². The van der Waals surface area contributed by atoms with Gasteiger partial charge in [0.1, 0.15) is 4.99 Å². The van der Waals surface area contributed by atoms with Gasteiger partial charge in [-0.15, -0.1) is 0 Å². The molecule has 0 aliphatic rings. The van der Waals surface area contributed by atoms with Gasteiger partial charge in [-0.05, 0) is 43.2 Å². The summed E-state index contributed by atoms with van der Waals surface area (Å²) in [5.41, 5.74) is 9.79. The predicted molar refractivity (Wildman–Crippen MR) is 90.6 cm³/mol. The predicted octanol–water partition coefficient (Wildman–Crippen LogP) is 4.46. The van der Waals surface area contributed by atoms with Crippen LogP contribution in [0.2, 0.25) is 5.02 Å². The normalized spacial score (nSPS) is 11.9. The first kappa shape index (κ1) is 14.8. The molecule has 0 spiro atoms. The van der Waals surface area contributed by atoms with E-state index in [0.29, 0.717) is 15.6 Å². The fourth-order valence-electron chi connectivity index (χ4n) is 2.21. The number of hydrogen-bond donors (Lipinski definition) is 2. The molecular weight excluding hydrogens is 288 g/mol. The van der Waals surface area contributed by atoms with Crippen molar-refractivity contribution < 1.29 is 0 Å². The van der Waals surface area contributed by atoms with Crippen LogP contribution >= 0.6 is 23.8 Å². The molecule has 1 atom stereocenters. The highest BCUT2D eigenvalue weighted by Crippen LogP contribution is 2.25. The van der Waals surface area contributed by atoms with Gasteiger partial charge >= 0.3 is 0 Å². The largest absolute Gasteiger partial charge is 0.389 e. The Morgan fingerprint density at radius 2 is 1.95 bits per heavy atom. The Hall–Kier alpha value is -1.58. The highest BCUT2D eigenvalue weighted by molar-refractivity contribution is 7.80. The molecule has 0 saturated heterocycles. The summed E-state index contributed by atoms with van der Waals surface area (Å²) >= 11 is 11.1. The SMILES string of the molecule is Cc1ccccc1C(C)Nc1ccc(C(N)=S)c(Cl)c1. The minimum Gasteiger partial charge on any atom is -0.389 e. The van der Waals surface area contributed by atoms with Gasteiger partial charge in [0.15, 0.2) is 0 Å². The Morgan fingerprint density at radius 3 is 2.55 bits per heavy atom. The molecule has 2 aromatic carbocycles. The van der Waals surface area contributed by atoms with E-state index < -0.39 is 0 Å². The van der Waals surface area contributed by atoms with E-state index in [1.807, 2.05) is 30.3 Å². The number of aryl methyl sites for hydroxylation is 1. The van der Waals surface area contributed by atoms with Crippen molar-refractivity contribution in [2.24, 2.45) is 5.73 Å². The van der Waals surface area contributed by atoms with Crippen LogP contribution in [0.25, 0.3) is 0 Å². The highest BCUT2D eigenvalue weighted by Gasteiger charge is 2.09. The fourth-order valence-corrected chi connectivity index (χ4v) is 2.72. The van der Waals surface area contributed by atoms with E-state index in [0.717, 1.165) is 5.69 Å². The van der Waals surface area contributed by atoms with Crippen molar-refractivity contribution in [1.29, 1.82) is 0 Å².